The number of benzene rings is 3. The quantitative estimate of drug-likeness (QED) is 0.314. The SMILES string of the molecule is CC(C)(C(=O)O)c1ccc(C(=O)CCCN2CCC(C(O)(c3ccccc3)c3ccc(O)cc3)CC2)cc1. The molecule has 200 valence electrons. The van der Waals surface area contributed by atoms with E-state index in [1.807, 2.05) is 30.3 Å². The largest absolute Gasteiger partial charge is 0.508 e. The van der Waals surface area contributed by atoms with Gasteiger partial charge in [-0.2, -0.15) is 0 Å². The molecule has 0 bridgehead atoms. The Balaban J connectivity index is 1.33. The number of Topliss-reactive ketones (excluding diaryl/α,β-unsaturated/α-hetero) is 1. The third kappa shape index (κ3) is 5.82. The van der Waals surface area contributed by atoms with E-state index < -0.39 is 17.0 Å². The van der Waals surface area contributed by atoms with Crippen LogP contribution >= 0.6 is 0 Å². The van der Waals surface area contributed by atoms with Crippen molar-refractivity contribution in [3.05, 3.63) is 101 Å². The lowest BCUT2D eigenvalue weighted by molar-refractivity contribution is -0.142. The Morgan fingerprint density at radius 3 is 1.97 bits per heavy atom. The Morgan fingerprint density at radius 1 is 0.842 bits per heavy atom. The fourth-order valence-corrected chi connectivity index (χ4v) is 5.42. The van der Waals surface area contributed by atoms with Gasteiger partial charge in [0.05, 0.1) is 5.41 Å². The summed E-state index contributed by atoms with van der Waals surface area (Å²) < 4.78 is 0. The average Bonchev–Trinajstić information content (AvgIpc) is 2.94. The number of hydrogen-bond donors (Lipinski definition) is 3. The van der Waals surface area contributed by atoms with Crippen LogP contribution < -0.4 is 0 Å². The summed E-state index contributed by atoms with van der Waals surface area (Å²) in [5, 5.41) is 31.2. The number of hydrogen-bond acceptors (Lipinski definition) is 5. The molecule has 1 aliphatic rings. The minimum absolute atomic E-state index is 0.0286. The maximum Gasteiger partial charge on any atom is 0.313 e. The number of aromatic hydroxyl groups is 1. The van der Waals surface area contributed by atoms with Gasteiger partial charge in [0.2, 0.25) is 0 Å². The molecule has 1 unspecified atom stereocenters. The molecule has 0 saturated carbocycles. The van der Waals surface area contributed by atoms with Crippen molar-refractivity contribution < 1.29 is 24.9 Å². The van der Waals surface area contributed by atoms with Gasteiger partial charge in [-0.15, -0.1) is 0 Å². The zero-order chi connectivity index (χ0) is 27.3. The predicted octanol–water partition coefficient (Wildman–Crippen LogP) is 5.37. The number of rotatable bonds is 10. The van der Waals surface area contributed by atoms with E-state index in [9.17, 15) is 24.9 Å². The minimum Gasteiger partial charge on any atom is -0.508 e. The monoisotopic (exact) mass is 515 g/mol. The van der Waals surface area contributed by atoms with Gasteiger partial charge in [0, 0.05) is 12.0 Å². The van der Waals surface area contributed by atoms with Crippen LogP contribution in [0.4, 0.5) is 0 Å². The van der Waals surface area contributed by atoms with Crippen molar-refractivity contribution in [1.82, 2.24) is 4.90 Å². The number of nitrogens with zero attached hydrogens (tertiary/aromatic N) is 1. The fraction of sp³-hybridized carbons (Fsp3) is 0.375. The summed E-state index contributed by atoms with van der Waals surface area (Å²) >= 11 is 0. The first-order valence-electron chi connectivity index (χ1n) is 13.3. The molecule has 3 N–H and O–H groups in total. The Bertz CT molecular complexity index is 1230. The summed E-state index contributed by atoms with van der Waals surface area (Å²) in [5.41, 5.74) is 0.777. The molecule has 1 fully saturated rings. The molecule has 0 aliphatic carbocycles. The van der Waals surface area contributed by atoms with Crippen LogP contribution in [0.15, 0.2) is 78.9 Å². The van der Waals surface area contributed by atoms with E-state index in [1.54, 1.807) is 62.4 Å². The Morgan fingerprint density at radius 2 is 1.39 bits per heavy atom. The molecule has 1 heterocycles. The number of carbonyl (C=O) groups excluding carboxylic acids is 1. The second kappa shape index (κ2) is 11.5. The molecule has 0 amide bonds. The van der Waals surface area contributed by atoms with Crippen molar-refractivity contribution in [2.24, 2.45) is 5.92 Å². The second-order valence-corrected chi connectivity index (χ2v) is 10.8. The van der Waals surface area contributed by atoms with E-state index in [-0.39, 0.29) is 17.5 Å². The van der Waals surface area contributed by atoms with Crippen LogP contribution in [0.25, 0.3) is 0 Å². The minimum atomic E-state index is -1.14. The number of carbonyl (C=O) groups is 2. The Labute approximate surface area is 224 Å². The maximum absolute atomic E-state index is 12.7. The van der Waals surface area contributed by atoms with E-state index in [2.05, 4.69) is 4.90 Å². The van der Waals surface area contributed by atoms with Crippen molar-refractivity contribution in [2.45, 2.75) is 50.5 Å². The fourth-order valence-electron chi connectivity index (χ4n) is 5.42. The highest BCUT2D eigenvalue weighted by Crippen LogP contribution is 2.42. The predicted molar refractivity (Wildman–Crippen MR) is 147 cm³/mol. The molecular weight excluding hydrogens is 478 g/mol. The Kier molecular flexibility index (Phi) is 8.34. The number of ketones is 1. The zero-order valence-corrected chi connectivity index (χ0v) is 22.1. The molecule has 4 rings (SSSR count). The summed E-state index contributed by atoms with van der Waals surface area (Å²) in [6.45, 7) is 5.79. The highest BCUT2D eigenvalue weighted by atomic mass is 16.4. The van der Waals surface area contributed by atoms with E-state index in [4.69, 9.17) is 0 Å². The molecule has 3 aromatic carbocycles. The van der Waals surface area contributed by atoms with Crippen molar-refractivity contribution in [3.8, 4) is 5.75 Å². The van der Waals surface area contributed by atoms with Crippen LogP contribution in [0.3, 0.4) is 0 Å². The number of aliphatic carboxylic acids is 1. The van der Waals surface area contributed by atoms with Gasteiger partial charge in [0.15, 0.2) is 5.78 Å². The van der Waals surface area contributed by atoms with Crippen LogP contribution in [0.1, 0.15) is 66.6 Å². The molecule has 6 nitrogen and oxygen atoms in total. The van der Waals surface area contributed by atoms with Gasteiger partial charge in [-0.25, -0.2) is 0 Å². The lowest BCUT2D eigenvalue weighted by atomic mass is 9.72. The molecule has 0 aromatic heterocycles. The van der Waals surface area contributed by atoms with E-state index in [1.165, 1.54) is 0 Å². The summed E-state index contributed by atoms with van der Waals surface area (Å²) in [4.78, 5) is 26.5. The van der Waals surface area contributed by atoms with Crippen LogP contribution in [0.5, 0.6) is 5.75 Å². The molecule has 1 aliphatic heterocycles. The first-order valence-corrected chi connectivity index (χ1v) is 13.3. The van der Waals surface area contributed by atoms with Crippen molar-refractivity contribution >= 4 is 11.8 Å². The number of carboxylic acids is 1. The summed E-state index contributed by atoms with van der Waals surface area (Å²) in [6, 6.07) is 23.5. The van der Waals surface area contributed by atoms with Gasteiger partial charge in [0.1, 0.15) is 11.4 Å². The van der Waals surface area contributed by atoms with Gasteiger partial charge in [-0.05, 0) is 87.5 Å². The van der Waals surface area contributed by atoms with Crippen molar-refractivity contribution in [3.63, 3.8) is 0 Å². The summed E-state index contributed by atoms with van der Waals surface area (Å²) in [7, 11) is 0. The van der Waals surface area contributed by atoms with Crippen LogP contribution in [0.2, 0.25) is 0 Å². The van der Waals surface area contributed by atoms with Gasteiger partial charge in [-0.3, -0.25) is 9.59 Å². The van der Waals surface area contributed by atoms with Gasteiger partial charge < -0.3 is 20.2 Å². The van der Waals surface area contributed by atoms with Gasteiger partial charge in [-0.1, -0.05) is 66.7 Å². The van der Waals surface area contributed by atoms with Crippen molar-refractivity contribution in [1.29, 1.82) is 0 Å². The number of carboxylic acid groups (broad SMARTS) is 1. The molecule has 0 spiro atoms. The molecule has 6 heteroatoms. The van der Waals surface area contributed by atoms with Crippen LogP contribution in [-0.2, 0) is 15.8 Å². The second-order valence-electron chi connectivity index (χ2n) is 10.8. The third-order valence-corrected chi connectivity index (χ3v) is 8.04. The van der Waals surface area contributed by atoms with Crippen molar-refractivity contribution in [2.75, 3.05) is 19.6 Å². The molecule has 0 radical (unpaired) electrons. The molecule has 1 atom stereocenters. The molecular formula is C32H37NO5. The number of piperidine rings is 1. The Hall–Kier alpha value is -3.48. The lowest BCUT2D eigenvalue weighted by Crippen LogP contribution is -2.44. The number of phenolic OH excluding ortho intramolecular Hbond substituents is 1. The maximum atomic E-state index is 12.7. The lowest BCUT2D eigenvalue weighted by Gasteiger charge is -2.42. The van der Waals surface area contributed by atoms with Crippen LogP contribution in [0, 0.1) is 5.92 Å². The third-order valence-electron chi connectivity index (χ3n) is 8.04. The summed E-state index contributed by atoms with van der Waals surface area (Å²) in [6.07, 6.45) is 2.82. The number of aliphatic hydroxyl groups is 1. The topological polar surface area (TPSA) is 98.1 Å². The average molecular weight is 516 g/mol. The number of phenols is 1. The highest BCUT2D eigenvalue weighted by Gasteiger charge is 2.41. The number of likely N-dealkylation sites (tertiary alicyclic amines) is 1. The van der Waals surface area contributed by atoms with E-state index >= 15 is 0 Å². The normalized spacial score (nSPS) is 16.6. The van der Waals surface area contributed by atoms with Gasteiger partial charge >= 0.3 is 5.97 Å². The van der Waals surface area contributed by atoms with Gasteiger partial charge in [0.25, 0.3) is 0 Å². The smallest absolute Gasteiger partial charge is 0.313 e. The molecule has 3 aromatic rings. The first-order chi connectivity index (χ1) is 18.1. The van der Waals surface area contributed by atoms with E-state index in [0.717, 1.165) is 50.0 Å². The molecule has 1 saturated heterocycles. The van der Waals surface area contributed by atoms with E-state index in [0.29, 0.717) is 17.5 Å². The van der Waals surface area contributed by atoms with Crippen LogP contribution in [-0.4, -0.2) is 51.6 Å². The first kappa shape index (κ1) is 27.6. The zero-order valence-electron chi connectivity index (χ0n) is 22.1. The standard InChI is InChI=1S/C32H37NO5/c1-31(2,30(36)37)24-12-10-23(11-13-24)29(35)9-6-20-33-21-18-27(19-22-33)32(38,25-7-4-3-5-8-25)26-14-16-28(34)17-15-26/h3-5,7-8,10-17,27,34,38H,6,9,18-22H2,1-2H3,(H,36,37). The molecule has 38 heavy (non-hydrogen) atoms. The summed E-state index contributed by atoms with van der Waals surface area (Å²) in [5.74, 6) is -0.634. The highest BCUT2D eigenvalue weighted by molar-refractivity contribution is 5.96.